The highest BCUT2D eigenvalue weighted by Gasteiger charge is 2.41. The van der Waals surface area contributed by atoms with Crippen LogP contribution in [0.5, 0.6) is 0 Å². The zero-order valence-corrected chi connectivity index (χ0v) is 12.4. The Balaban J connectivity index is 1.75. The summed E-state index contributed by atoms with van der Waals surface area (Å²) in [6.45, 7) is 4.17. The minimum absolute atomic E-state index is 0.289. The van der Waals surface area contributed by atoms with Gasteiger partial charge in [-0.15, -0.1) is 0 Å². The van der Waals surface area contributed by atoms with Crippen molar-refractivity contribution < 1.29 is 4.79 Å². The highest BCUT2D eigenvalue weighted by molar-refractivity contribution is 5.80. The Hall–Kier alpha value is -1.35. The van der Waals surface area contributed by atoms with Crippen LogP contribution in [0.3, 0.4) is 0 Å². The molecule has 0 saturated carbocycles. The van der Waals surface area contributed by atoms with Crippen molar-refractivity contribution in [2.45, 2.75) is 64.1 Å². The minimum atomic E-state index is 0.289. The molecule has 0 radical (unpaired) electrons. The van der Waals surface area contributed by atoms with Gasteiger partial charge in [0, 0.05) is 18.1 Å². The van der Waals surface area contributed by atoms with E-state index in [0.717, 1.165) is 25.7 Å². The van der Waals surface area contributed by atoms with Gasteiger partial charge in [0.15, 0.2) is 0 Å². The molecule has 1 aromatic carbocycles. The largest absolute Gasteiger partial charge is 0.336 e. The van der Waals surface area contributed by atoms with Gasteiger partial charge in [0.25, 0.3) is 0 Å². The third kappa shape index (κ3) is 2.47. The molecule has 2 unspecified atom stereocenters. The second-order valence-corrected chi connectivity index (χ2v) is 6.52. The number of benzene rings is 1. The molecular weight excluding hydrogens is 248 g/mol. The Morgan fingerprint density at radius 2 is 1.90 bits per heavy atom. The predicted molar refractivity (Wildman–Crippen MR) is 80.5 cm³/mol. The molecule has 0 aliphatic carbocycles. The maximum atomic E-state index is 12.7. The van der Waals surface area contributed by atoms with Crippen LogP contribution in [0, 0.1) is 13.8 Å². The van der Waals surface area contributed by atoms with Crippen LogP contribution >= 0.6 is 0 Å². The first-order chi connectivity index (χ1) is 9.54. The van der Waals surface area contributed by atoms with E-state index < -0.39 is 0 Å². The maximum Gasteiger partial charge on any atom is 0.227 e. The molecule has 2 aliphatic heterocycles. The summed E-state index contributed by atoms with van der Waals surface area (Å²) in [7, 11) is 0. The lowest BCUT2D eigenvalue weighted by Gasteiger charge is -2.38. The Kier molecular flexibility index (Phi) is 3.55. The molecule has 0 spiro atoms. The summed E-state index contributed by atoms with van der Waals surface area (Å²) in [6, 6.07) is 7.43. The molecule has 1 aromatic rings. The maximum absolute atomic E-state index is 12.7. The van der Waals surface area contributed by atoms with E-state index in [1.807, 2.05) is 0 Å². The Bertz CT molecular complexity index is 512. The first kappa shape index (κ1) is 13.6. The quantitative estimate of drug-likeness (QED) is 0.898. The molecule has 2 N–H and O–H groups in total. The van der Waals surface area contributed by atoms with Crippen molar-refractivity contribution in [3.8, 4) is 0 Å². The number of nitrogens with two attached hydrogens (primary N) is 1. The molecule has 3 nitrogen and oxygen atoms in total. The van der Waals surface area contributed by atoms with E-state index in [2.05, 4.69) is 36.9 Å². The first-order valence-electron chi connectivity index (χ1n) is 7.67. The average molecular weight is 272 g/mol. The van der Waals surface area contributed by atoms with Crippen molar-refractivity contribution in [1.82, 2.24) is 4.90 Å². The molecule has 2 saturated heterocycles. The van der Waals surface area contributed by atoms with Gasteiger partial charge in [0.05, 0.1) is 6.42 Å². The Labute approximate surface area is 121 Å². The van der Waals surface area contributed by atoms with Gasteiger partial charge in [-0.3, -0.25) is 4.79 Å². The van der Waals surface area contributed by atoms with Gasteiger partial charge in [0.1, 0.15) is 0 Å². The van der Waals surface area contributed by atoms with Crippen molar-refractivity contribution in [1.29, 1.82) is 0 Å². The fraction of sp³-hybridized carbons (Fsp3) is 0.588. The molecule has 2 heterocycles. The number of aryl methyl sites for hydroxylation is 2. The number of fused-ring (bicyclic) bond motifs is 2. The number of piperidine rings is 1. The third-order valence-corrected chi connectivity index (χ3v) is 4.90. The predicted octanol–water partition coefficient (Wildman–Crippen LogP) is 2.33. The zero-order valence-electron chi connectivity index (χ0n) is 12.4. The first-order valence-corrected chi connectivity index (χ1v) is 7.67. The fourth-order valence-corrected chi connectivity index (χ4v) is 3.87. The van der Waals surface area contributed by atoms with Crippen LogP contribution < -0.4 is 5.73 Å². The second-order valence-electron chi connectivity index (χ2n) is 6.52. The van der Waals surface area contributed by atoms with E-state index in [1.54, 1.807) is 0 Å². The monoisotopic (exact) mass is 272 g/mol. The van der Waals surface area contributed by atoms with Gasteiger partial charge in [-0.2, -0.15) is 0 Å². The van der Waals surface area contributed by atoms with Crippen LogP contribution in [0.25, 0.3) is 0 Å². The van der Waals surface area contributed by atoms with Crippen molar-refractivity contribution >= 4 is 5.91 Å². The van der Waals surface area contributed by atoms with Crippen molar-refractivity contribution in [2.75, 3.05) is 0 Å². The Morgan fingerprint density at radius 3 is 2.55 bits per heavy atom. The van der Waals surface area contributed by atoms with E-state index in [4.69, 9.17) is 5.73 Å². The van der Waals surface area contributed by atoms with Crippen LogP contribution in [0.1, 0.15) is 42.4 Å². The standard InChI is InChI=1S/C17H24N2O/c1-11-3-4-12(2)13(7-11)8-17(20)19-15-5-6-16(19)10-14(18)9-15/h3-4,7,14-16H,5-6,8-10,18H2,1-2H3. The lowest BCUT2D eigenvalue weighted by molar-refractivity contribution is -0.135. The number of nitrogens with zero attached hydrogens (tertiary/aromatic N) is 1. The molecule has 0 aromatic heterocycles. The number of carbonyl (C=O) groups excluding carboxylic acids is 1. The molecule has 2 atom stereocenters. The molecule has 3 rings (SSSR count). The lowest BCUT2D eigenvalue weighted by Crippen LogP contribution is -2.50. The molecule has 20 heavy (non-hydrogen) atoms. The van der Waals surface area contributed by atoms with E-state index >= 15 is 0 Å². The highest BCUT2D eigenvalue weighted by atomic mass is 16.2. The normalized spacial score (nSPS) is 28.8. The smallest absolute Gasteiger partial charge is 0.227 e. The van der Waals surface area contributed by atoms with Gasteiger partial charge in [-0.1, -0.05) is 23.8 Å². The van der Waals surface area contributed by atoms with Crippen molar-refractivity contribution in [2.24, 2.45) is 5.73 Å². The van der Waals surface area contributed by atoms with Crippen LogP contribution in [0.4, 0.5) is 0 Å². The summed E-state index contributed by atoms with van der Waals surface area (Å²) in [6.07, 6.45) is 4.77. The van der Waals surface area contributed by atoms with Crippen LogP contribution in [0.2, 0.25) is 0 Å². The fourth-order valence-electron chi connectivity index (χ4n) is 3.87. The summed E-state index contributed by atoms with van der Waals surface area (Å²) in [4.78, 5) is 14.8. The summed E-state index contributed by atoms with van der Waals surface area (Å²) >= 11 is 0. The van der Waals surface area contributed by atoms with E-state index in [-0.39, 0.29) is 11.9 Å². The van der Waals surface area contributed by atoms with E-state index in [9.17, 15) is 4.79 Å². The molecule has 2 aliphatic rings. The molecule has 2 bridgehead atoms. The number of rotatable bonds is 2. The highest BCUT2D eigenvalue weighted by Crippen LogP contribution is 2.35. The summed E-state index contributed by atoms with van der Waals surface area (Å²) in [5, 5.41) is 0. The number of carbonyl (C=O) groups is 1. The second kappa shape index (κ2) is 5.21. The molecular formula is C17H24N2O. The molecule has 2 fully saturated rings. The van der Waals surface area contributed by atoms with Crippen molar-refractivity contribution in [3.63, 3.8) is 0 Å². The average Bonchev–Trinajstić information content (AvgIpc) is 2.66. The lowest BCUT2D eigenvalue weighted by atomic mass is 9.96. The van der Waals surface area contributed by atoms with Gasteiger partial charge in [-0.25, -0.2) is 0 Å². The zero-order chi connectivity index (χ0) is 14.3. The number of hydrogen-bond donors (Lipinski definition) is 1. The molecule has 108 valence electrons. The summed E-state index contributed by atoms with van der Waals surface area (Å²) in [5.41, 5.74) is 9.68. The third-order valence-electron chi connectivity index (χ3n) is 4.90. The van der Waals surface area contributed by atoms with Gasteiger partial charge >= 0.3 is 0 Å². The van der Waals surface area contributed by atoms with E-state index in [0.29, 0.717) is 18.5 Å². The van der Waals surface area contributed by atoms with E-state index in [1.165, 1.54) is 16.7 Å². The summed E-state index contributed by atoms with van der Waals surface area (Å²) in [5.74, 6) is 0.290. The summed E-state index contributed by atoms with van der Waals surface area (Å²) < 4.78 is 0. The van der Waals surface area contributed by atoms with Crippen LogP contribution in [-0.2, 0) is 11.2 Å². The number of amides is 1. The molecule has 3 heteroatoms. The number of hydrogen-bond acceptors (Lipinski definition) is 2. The van der Waals surface area contributed by atoms with Gasteiger partial charge < -0.3 is 10.6 Å². The minimum Gasteiger partial charge on any atom is -0.336 e. The van der Waals surface area contributed by atoms with Crippen molar-refractivity contribution in [3.05, 3.63) is 34.9 Å². The Morgan fingerprint density at radius 1 is 1.25 bits per heavy atom. The SMILES string of the molecule is Cc1ccc(C)c(CC(=O)N2C3CCC2CC(N)C3)c1. The van der Waals surface area contributed by atoms with Crippen LogP contribution in [-0.4, -0.2) is 28.9 Å². The topological polar surface area (TPSA) is 46.3 Å². The molecule has 1 amide bonds. The van der Waals surface area contributed by atoms with Gasteiger partial charge in [0.2, 0.25) is 5.91 Å². The van der Waals surface area contributed by atoms with Crippen LogP contribution in [0.15, 0.2) is 18.2 Å². The van der Waals surface area contributed by atoms with Gasteiger partial charge in [-0.05, 0) is 50.7 Å².